The number of aryl methyl sites for hydroxylation is 1. The molecule has 3 rings (SSSR count). The number of nitrogens with zero attached hydrogens (tertiary/aromatic N) is 1. The summed E-state index contributed by atoms with van der Waals surface area (Å²) >= 11 is 0. The van der Waals surface area contributed by atoms with Crippen LogP contribution in [0.2, 0.25) is 0 Å². The lowest BCUT2D eigenvalue weighted by atomic mass is 9.87. The highest BCUT2D eigenvalue weighted by Gasteiger charge is 2.23. The number of fused-ring (bicyclic) bond motifs is 1. The highest BCUT2D eigenvalue weighted by atomic mass is 32.2. The molecule has 1 aliphatic heterocycles. The highest BCUT2D eigenvalue weighted by molar-refractivity contribution is 7.84. The molecule has 3 nitrogen and oxygen atoms in total. The monoisotopic (exact) mass is 369 g/mol. The normalized spacial score (nSPS) is 15.4. The molecular weight excluding hydrogens is 342 g/mol. The zero-order chi connectivity index (χ0) is 18.7. The highest BCUT2D eigenvalue weighted by Crippen LogP contribution is 2.27. The molecule has 1 heterocycles. The first-order valence-corrected chi connectivity index (χ1v) is 10.7. The van der Waals surface area contributed by atoms with E-state index in [-0.39, 0.29) is 17.1 Å². The molecular formula is C22H27NO2S. The number of benzene rings is 2. The molecule has 2 aromatic carbocycles. The van der Waals surface area contributed by atoms with Crippen molar-refractivity contribution in [3.05, 3.63) is 65.2 Å². The number of hydrogen-bond donors (Lipinski definition) is 0. The molecule has 0 radical (unpaired) electrons. The van der Waals surface area contributed by atoms with E-state index in [0.717, 1.165) is 24.1 Å². The summed E-state index contributed by atoms with van der Waals surface area (Å²) in [4.78, 5) is 14.5. The van der Waals surface area contributed by atoms with Gasteiger partial charge in [-0.2, -0.15) is 0 Å². The van der Waals surface area contributed by atoms with Crippen LogP contribution in [0.4, 0.5) is 5.69 Å². The van der Waals surface area contributed by atoms with Gasteiger partial charge in [-0.05, 0) is 41.0 Å². The molecule has 4 heteroatoms. The number of hydrogen-bond acceptors (Lipinski definition) is 2. The van der Waals surface area contributed by atoms with Crippen molar-refractivity contribution in [1.82, 2.24) is 0 Å². The summed E-state index contributed by atoms with van der Waals surface area (Å²) in [5, 5.41) is 0. The number of carbonyl (C=O) groups is 1. The summed E-state index contributed by atoms with van der Waals surface area (Å²) in [6.45, 7) is 7.24. The quantitative estimate of drug-likeness (QED) is 0.809. The van der Waals surface area contributed by atoms with E-state index in [9.17, 15) is 9.00 Å². The van der Waals surface area contributed by atoms with E-state index in [1.807, 2.05) is 30.3 Å². The second-order valence-corrected chi connectivity index (χ2v) is 9.41. The van der Waals surface area contributed by atoms with Crippen molar-refractivity contribution in [1.29, 1.82) is 0 Å². The Kier molecular flexibility index (Phi) is 5.61. The largest absolute Gasteiger partial charge is 0.311 e. The van der Waals surface area contributed by atoms with E-state index in [1.165, 1.54) is 11.1 Å². The van der Waals surface area contributed by atoms with Gasteiger partial charge in [0.1, 0.15) is 5.75 Å². The molecule has 26 heavy (non-hydrogen) atoms. The summed E-state index contributed by atoms with van der Waals surface area (Å²) in [5.74, 6) is 0.461. The van der Waals surface area contributed by atoms with Crippen molar-refractivity contribution in [2.45, 2.75) is 44.8 Å². The number of amides is 1. The van der Waals surface area contributed by atoms with Gasteiger partial charge in [-0.1, -0.05) is 63.2 Å². The fourth-order valence-corrected chi connectivity index (χ4v) is 4.44. The third-order valence-electron chi connectivity index (χ3n) is 4.84. The minimum atomic E-state index is -1.20. The molecule has 0 aliphatic carbocycles. The first-order chi connectivity index (χ1) is 12.3. The summed E-state index contributed by atoms with van der Waals surface area (Å²) in [6, 6.07) is 16.3. The van der Waals surface area contributed by atoms with Crippen molar-refractivity contribution in [2.24, 2.45) is 0 Å². The van der Waals surface area contributed by atoms with Crippen LogP contribution in [-0.2, 0) is 33.2 Å². The Hall–Kier alpha value is -1.94. The molecule has 1 aliphatic rings. The maximum absolute atomic E-state index is 12.7. The lowest BCUT2D eigenvalue weighted by Gasteiger charge is -2.29. The van der Waals surface area contributed by atoms with E-state index in [4.69, 9.17) is 0 Å². The first-order valence-electron chi connectivity index (χ1n) is 9.17. The van der Waals surface area contributed by atoms with Crippen molar-refractivity contribution < 1.29 is 9.00 Å². The Labute approximate surface area is 158 Å². The zero-order valence-corrected chi connectivity index (χ0v) is 16.6. The predicted molar refractivity (Wildman–Crippen MR) is 109 cm³/mol. The van der Waals surface area contributed by atoms with Gasteiger partial charge in [0.15, 0.2) is 0 Å². The van der Waals surface area contributed by atoms with Crippen molar-refractivity contribution in [3.63, 3.8) is 0 Å². The Morgan fingerprint density at radius 2 is 1.77 bits per heavy atom. The molecule has 0 aromatic heterocycles. The molecule has 138 valence electrons. The summed E-state index contributed by atoms with van der Waals surface area (Å²) in [7, 11) is -1.20. The molecule has 0 bridgehead atoms. The molecule has 0 N–H and O–H groups in total. The van der Waals surface area contributed by atoms with Gasteiger partial charge in [0.05, 0.1) is 0 Å². The van der Waals surface area contributed by atoms with Crippen LogP contribution in [0.3, 0.4) is 0 Å². The SMILES string of the molecule is CC(C)(C)c1ccc(CS(=O)CC(=O)N2CCCc3ccccc32)cc1. The average Bonchev–Trinajstić information content (AvgIpc) is 2.60. The number of carbonyl (C=O) groups excluding carboxylic acids is 1. The van der Waals surface area contributed by atoms with E-state index in [0.29, 0.717) is 12.3 Å². The Morgan fingerprint density at radius 3 is 2.46 bits per heavy atom. The predicted octanol–water partition coefficient (Wildman–Crippen LogP) is 4.21. The number of rotatable bonds is 4. The topological polar surface area (TPSA) is 37.4 Å². The van der Waals surface area contributed by atoms with Crippen LogP contribution in [0.1, 0.15) is 43.9 Å². The molecule has 1 atom stereocenters. The maximum atomic E-state index is 12.7. The fourth-order valence-electron chi connectivity index (χ4n) is 3.35. The Bertz CT molecular complexity index is 806. The second kappa shape index (κ2) is 7.75. The van der Waals surface area contributed by atoms with Gasteiger partial charge in [-0.3, -0.25) is 9.00 Å². The van der Waals surface area contributed by atoms with Crippen LogP contribution >= 0.6 is 0 Å². The summed E-state index contributed by atoms with van der Waals surface area (Å²) < 4.78 is 12.5. The van der Waals surface area contributed by atoms with Gasteiger partial charge in [0.25, 0.3) is 0 Å². The Morgan fingerprint density at radius 1 is 1.08 bits per heavy atom. The fraction of sp³-hybridized carbons (Fsp3) is 0.409. The molecule has 0 fully saturated rings. The second-order valence-electron chi connectivity index (χ2n) is 7.95. The van der Waals surface area contributed by atoms with Crippen molar-refractivity contribution in [2.75, 3.05) is 17.2 Å². The van der Waals surface area contributed by atoms with Gasteiger partial charge in [-0.15, -0.1) is 0 Å². The van der Waals surface area contributed by atoms with Crippen molar-refractivity contribution >= 4 is 22.4 Å². The van der Waals surface area contributed by atoms with Gasteiger partial charge >= 0.3 is 0 Å². The minimum Gasteiger partial charge on any atom is -0.311 e. The van der Waals surface area contributed by atoms with Gasteiger partial charge in [0.2, 0.25) is 5.91 Å². The van der Waals surface area contributed by atoms with Crippen LogP contribution in [0.15, 0.2) is 48.5 Å². The molecule has 0 spiro atoms. The zero-order valence-electron chi connectivity index (χ0n) is 15.8. The third-order valence-corrected chi connectivity index (χ3v) is 6.07. The molecule has 1 unspecified atom stereocenters. The Balaban J connectivity index is 1.63. The van der Waals surface area contributed by atoms with Gasteiger partial charge < -0.3 is 4.90 Å². The maximum Gasteiger partial charge on any atom is 0.239 e. The van der Waals surface area contributed by atoms with E-state index in [1.54, 1.807) is 4.90 Å². The van der Waals surface area contributed by atoms with Crippen LogP contribution in [0.25, 0.3) is 0 Å². The minimum absolute atomic E-state index is 0.0400. The first kappa shape index (κ1) is 18.8. The summed E-state index contributed by atoms with van der Waals surface area (Å²) in [6.07, 6.45) is 1.97. The van der Waals surface area contributed by atoms with E-state index >= 15 is 0 Å². The number of anilines is 1. The summed E-state index contributed by atoms with van der Waals surface area (Å²) in [5.41, 5.74) is 4.57. The third kappa shape index (κ3) is 4.42. The van der Waals surface area contributed by atoms with E-state index < -0.39 is 10.8 Å². The lowest BCUT2D eigenvalue weighted by molar-refractivity contribution is -0.116. The standard InChI is InChI=1S/C22H27NO2S/c1-22(2,3)19-12-10-17(11-13-19)15-26(25)16-21(24)23-14-6-8-18-7-4-5-9-20(18)23/h4-5,7,9-13H,6,8,14-16H2,1-3H3. The van der Waals surface area contributed by atoms with Crippen LogP contribution in [0, 0.1) is 0 Å². The van der Waals surface area contributed by atoms with Crippen LogP contribution < -0.4 is 4.90 Å². The van der Waals surface area contributed by atoms with Crippen molar-refractivity contribution in [3.8, 4) is 0 Å². The van der Waals surface area contributed by atoms with E-state index in [2.05, 4.69) is 39.0 Å². The van der Waals surface area contributed by atoms with Crippen LogP contribution in [-0.4, -0.2) is 22.4 Å². The number of para-hydroxylation sites is 1. The smallest absolute Gasteiger partial charge is 0.239 e. The molecule has 0 saturated carbocycles. The molecule has 0 saturated heterocycles. The van der Waals surface area contributed by atoms with Gasteiger partial charge in [0, 0.05) is 28.8 Å². The lowest BCUT2D eigenvalue weighted by Crippen LogP contribution is -2.38. The average molecular weight is 370 g/mol. The van der Waals surface area contributed by atoms with Crippen LogP contribution in [0.5, 0.6) is 0 Å². The molecule has 1 amide bonds. The molecule has 2 aromatic rings. The van der Waals surface area contributed by atoms with Gasteiger partial charge in [-0.25, -0.2) is 0 Å².